The van der Waals surface area contributed by atoms with E-state index in [4.69, 9.17) is 23.2 Å². The second-order valence-electron chi connectivity index (χ2n) is 3.86. The standard InChI is InChI=1S/C12H16Cl2N2O/c1-3-8(2)16-12(17)7-15-9-4-5-10(13)11(14)6-9/h4-6,8,15H,3,7H2,1-2H3,(H,16,17). The molecule has 17 heavy (non-hydrogen) atoms. The zero-order chi connectivity index (χ0) is 12.8. The van der Waals surface area contributed by atoms with E-state index in [1.165, 1.54) is 0 Å². The van der Waals surface area contributed by atoms with Crippen LogP contribution in [0.5, 0.6) is 0 Å². The van der Waals surface area contributed by atoms with Gasteiger partial charge in [0.1, 0.15) is 0 Å². The van der Waals surface area contributed by atoms with Crippen molar-refractivity contribution in [1.82, 2.24) is 5.32 Å². The molecular formula is C12H16Cl2N2O. The molecule has 1 amide bonds. The quantitative estimate of drug-likeness (QED) is 0.865. The highest BCUT2D eigenvalue weighted by Crippen LogP contribution is 2.24. The van der Waals surface area contributed by atoms with Crippen molar-refractivity contribution in [3.63, 3.8) is 0 Å². The highest BCUT2D eigenvalue weighted by atomic mass is 35.5. The van der Waals surface area contributed by atoms with Crippen LogP contribution in [0.25, 0.3) is 0 Å². The summed E-state index contributed by atoms with van der Waals surface area (Å²) in [5.74, 6) is -0.0366. The molecule has 3 nitrogen and oxygen atoms in total. The zero-order valence-corrected chi connectivity index (χ0v) is 11.4. The molecule has 0 aliphatic carbocycles. The fourth-order valence-corrected chi connectivity index (χ4v) is 1.51. The van der Waals surface area contributed by atoms with Crippen LogP contribution in [0.2, 0.25) is 10.0 Å². The Balaban J connectivity index is 2.45. The van der Waals surface area contributed by atoms with Crippen LogP contribution >= 0.6 is 23.2 Å². The first-order chi connectivity index (χ1) is 8.02. The van der Waals surface area contributed by atoms with E-state index in [2.05, 4.69) is 10.6 Å². The van der Waals surface area contributed by atoms with E-state index in [1.54, 1.807) is 18.2 Å². The summed E-state index contributed by atoms with van der Waals surface area (Å²) in [5, 5.41) is 6.82. The molecule has 1 rings (SSSR count). The fraction of sp³-hybridized carbons (Fsp3) is 0.417. The third-order valence-electron chi connectivity index (χ3n) is 2.39. The molecular weight excluding hydrogens is 259 g/mol. The Bertz CT molecular complexity index is 396. The first-order valence-electron chi connectivity index (χ1n) is 5.51. The lowest BCUT2D eigenvalue weighted by Gasteiger charge is -2.12. The summed E-state index contributed by atoms with van der Waals surface area (Å²) >= 11 is 11.7. The minimum Gasteiger partial charge on any atom is -0.376 e. The van der Waals surface area contributed by atoms with Crippen LogP contribution in [0.4, 0.5) is 5.69 Å². The lowest BCUT2D eigenvalue weighted by atomic mass is 10.2. The molecule has 0 aliphatic heterocycles. The summed E-state index contributed by atoms with van der Waals surface area (Å²) in [6, 6.07) is 5.36. The Labute approximate surface area is 111 Å². The van der Waals surface area contributed by atoms with Gasteiger partial charge in [0.05, 0.1) is 16.6 Å². The van der Waals surface area contributed by atoms with Crippen molar-refractivity contribution in [3.05, 3.63) is 28.2 Å². The highest BCUT2D eigenvalue weighted by molar-refractivity contribution is 6.42. The molecule has 94 valence electrons. The predicted molar refractivity (Wildman–Crippen MR) is 72.8 cm³/mol. The molecule has 0 saturated carbocycles. The molecule has 1 aromatic carbocycles. The predicted octanol–water partition coefficient (Wildman–Crippen LogP) is 3.32. The van der Waals surface area contributed by atoms with Gasteiger partial charge in [0.2, 0.25) is 5.91 Å². The Morgan fingerprint density at radius 3 is 2.65 bits per heavy atom. The van der Waals surface area contributed by atoms with Crippen LogP contribution in [-0.4, -0.2) is 18.5 Å². The molecule has 0 aromatic heterocycles. The fourth-order valence-electron chi connectivity index (χ4n) is 1.22. The van der Waals surface area contributed by atoms with Gasteiger partial charge in [0.15, 0.2) is 0 Å². The number of carbonyl (C=O) groups excluding carboxylic acids is 1. The van der Waals surface area contributed by atoms with Crippen LogP contribution in [0.1, 0.15) is 20.3 Å². The molecule has 0 saturated heterocycles. The number of rotatable bonds is 5. The summed E-state index contributed by atoms with van der Waals surface area (Å²) in [4.78, 5) is 11.5. The number of amides is 1. The van der Waals surface area contributed by atoms with Gasteiger partial charge in [-0.3, -0.25) is 4.79 Å². The second-order valence-corrected chi connectivity index (χ2v) is 4.67. The highest BCUT2D eigenvalue weighted by Gasteiger charge is 2.05. The van der Waals surface area contributed by atoms with Crippen molar-refractivity contribution in [1.29, 1.82) is 0 Å². The summed E-state index contributed by atoms with van der Waals surface area (Å²) in [6.07, 6.45) is 0.915. The van der Waals surface area contributed by atoms with Crippen LogP contribution in [0.3, 0.4) is 0 Å². The topological polar surface area (TPSA) is 41.1 Å². The van der Waals surface area contributed by atoms with Gasteiger partial charge in [-0.1, -0.05) is 30.1 Å². The molecule has 2 N–H and O–H groups in total. The van der Waals surface area contributed by atoms with E-state index in [9.17, 15) is 4.79 Å². The van der Waals surface area contributed by atoms with Gasteiger partial charge in [-0.05, 0) is 31.5 Å². The smallest absolute Gasteiger partial charge is 0.239 e. The molecule has 0 bridgehead atoms. The molecule has 5 heteroatoms. The number of hydrogen-bond acceptors (Lipinski definition) is 2. The number of hydrogen-bond donors (Lipinski definition) is 2. The molecule has 0 aliphatic rings. The van der Waals surface area contributed by atoms with Crippen molar-refractivity contribution < 1.29 is 4.79 Å². The molecule has 1 aromatic rings. The first-order valence-corrected chi connectivity index (χ1v) is 6.26. The summed E-state index contributed by atoms with van der Waals surface area (Å²) in [5.41, 5.74) is 0.777. The Morgan fingerprint density at radius 2 is 2.06 bits per heavy atom. The van der Waals surface area contributed by atoms with Gasteiger partial charge in [-0.15, -0.1) is 0 Å². The van der Waals surface area contributed by atoms with E-state index in [-0.39, 0.29) is 18.5 Å². The summed E-state index contributed by atoms with van der Waals surface area (Å²) < 4.78 is 0. The minimum absolute atomic E-state index is 0.0366. The summed E-state index contributed by atoms with van der Waals surface area (Å²) in [7, 11) is 0. The van der Waals surface area contributed by atoms with Gasteiger partial charge in [-0.2, -0.15) is 0 Å². The average Bonchev–Trinajstić information content (AvgIpc) is 2.30. The zero-order valence-electron chi connectivity index (χ0n) is 9.89. The van der Waals surface area contributed by atoms with Gasteiger partial charge in [0.25, 0.3) is 0 Å². The number of anilines is 1. The van der Waals surface area contributed by atoms with Gasteiger partial charge in [-0.25, -0.2) is 0 Å². The molecule has 1 unspecified atom stereocenters. The van der Waals surface area contributed by atoms with Crippen LogP contribution in [-0.2, 0) is 4.79 Å². The molecule has 1 atom stereocenters. The number of carbonyl (C=O) groups is 1. The maximum absolute atomic E-state index is 11.5. The molecule has 0 spiro atoms. The van der Waals surface area contributed by atoms with Crippen LogP contribution in [0.15, 0.2) is 18.2 Å². The van der Waals surface area contributed by atoms with Crippen molar-refractivity contribution in [2.24, 2.45) is 0 Å². The van der Waals surface area contributed by atoms with Gasteiger partial charge in [0, 0.05) is 11.7 Å². The number of nitrogens with one attached hydrogen (secondary N) is 2. The lowest BCUT2D eigenvalue weighted by Crippen LogP contribution is -2.36. The normalized spacial score (nSPS) is 12.0. The summed E-state index contributed by atoms with van der Waals surface area (Å²) in [6.45, 7) is 4.22. The van der Waals surface area contributed by atoms with Crippen molar-refractivity contribution >= 4 is 34.8 Å². The first kappa shape index (κ1) is 14.1. The van der Waals surface area contributed by atoms with Crippen molar-refractivity contribution in [2.45, 2.75) is 26.3 Å². The van der Waals surface area contributed by atoms with E-state index in [0.717, 1.165) is 12.1 Å². The van der Waals surface area contributed by atoms with Crippen molar-refractivity contribution in [2.75, 3.05) is 11.9 Å². The maximum atomic E-state index is 11.5. The minimum atomic E-state index is -0.0366. The third kappa shape index (κ3) is 4.84. The third-order valence-corrected chi connectivity index (χ3v) is 3.13. The second kappa shape index (κ2) is 6.72. The molecule has 0 heterocycles. The molecule has 0 fully saturated rings. The molecule has 0 radical (unpaired) electrons. The van der Waals surface area contributed by atoms with Gasteiger partial charge >= 0.3 is 0 Å². The van der Waals surface area contributed by atoms with E-state index < -0.39 is 0 Å². The van der Waals surface area contributed by atoms with Crippen molar-refractivity contribution in [3.8, 4) is 0 Å². The van der Waals surface area contributed by atoms with E-state index in [0.29, 0.717) is 10.0 Å². The average molecular weight is 275 g/mol. The Morgan fingerprint density at radius 1 is 1.35 bits per heavy atom. The lowest BCUT2D eigenvalue weighted by molar-refractivity contribution is -0.120. The van der Waals surface area contributed by atoms with Crippen LogP contribution in [0, 0.1) is 0 Å². The monoisotopic (exact) mass is 274 g/mol. The van der Waals surface area contributed by atoms with E-state index in [1.807, 2.05) is 13.8 Å². The largest absolute Gasteiger partial charge is 0.376 e. The number of benzene rings is 1. The van der Waals surface area contributed by atoms with Gasteiger partial charge < -0.3 is 10.6 Å². The van der Waals surface area contributed by atoms with E-state index >= 15 is 0 Å². The number of halogens is 2. The SMILES string of the molecule is CCC(C)NC(=O)CNc1ccc(Cl)c(Cl)c1. The van der Waals surface area contributed by atoms with Crippen LogP contribution < -0.4 is 10.6 Å². The Hall–Kier alpha value is -0.930. The Kier molecular flexibility index (Phi) is 5.59. The maximum Gasteiger partial charge on any atom is 0.239 e.